The van der Waals surface area contributed by atoms with Crippen LogP contribution in [0.5, 0.6) is 0 Å². The van der Waals surface area contributed by atoms with Crippen LogP contribution in [0.1, 0.15) is 33.6 Å². The highest BCUT2D eigenvalue weighted by molar-refractivity contribution is 5.77. The lowest BCUT2D eigenvalue weighted by Gasteiger charge is -2.18. The molecule has 0 aromatic carbocycles. The maximum absolute atomic E-state index is 11.7. The number of ether oxygens (including phenoxy) is 1. The molecule has 1 saturated heterocycles. The third kappa shape index (κ3) is 4.49. The predicted octanol–water partition coefficient (Wildman–Crippen LogP) is 0.997. The van der Waals surface area contributed by atoms with Gasteiger partial charge < -0.3 is 15.4 Å². The first kappa shape index (κ1) is 13.5. The van der Waals surface area contributed by atoms with Gasteiger partial charge in [-0.15, -0.1) is 0 Å². The van der Waals surface area contributed by atoms with Crippen LogP contribution in [0, 0.1) is 5.92 Å². The number of carbonyl (C=O) groups excluding carboxylic acids is 1. The van der Waals surface area contributed by atoms with Crippen molar-refractivity contribution in [2.45, 2.75) is 45.8 Å². The summed E-state index contributed by atoms with van der Waals surface area (Å²) in [6, 6.07) is -0.0527. The van der Waals surface area contributed by atoms with Gasteiger partial charge in [-0.1, -0.05) is 13.8 Å². The van der Waals surface area contributed by atoms with E-state index in [4.69, 9.17) is 10.5 Å². The molecule has 16 heavy (non-hydrogen) atoms. The third-order valence-corrected chi connectivity index (χ3v) is 2.66. The summed E-state index contributed by atoms with van der Waals surface area (Å²) in [5, 5.41) is 0. The van der Waals surface area contributed by atoms with Crippen LogP contribution in [0.25, 0.3) is 0 Å². The molecular weight excluding hydrogens is 204 g/mol. The average molecular weight is 228 g/mol. The van der Waals surface area contributed by atoms with Gasteiger partial charge in [-0.05, 0) is 19.3 Å². The van der Waals surface area contributed by atoms with Gasteiger partial charge in [0.1, 0.15) is 0 Å². The minimum absolute atomic E-state index is 0.0527. The molecule has 4 heteroatoms. The number of carbonyl (C=O) groups is 1. The zero-order valence-corrected chi connectivity index (χ0v) is 10.6. The van der Waals surface area contributed by atoms with Gasteiger partial charge >= 0.3 is 0 Å². The first-order chi connectivity index (χ1) is 7.49. The van der Waals surface area contributed by atoms with E-state index >= 15 is 0 Å². The van der Waals surface area contributed by atoms with Crippen molar-refractivity contribution >= 4 is 5.91 Å². The van der Waals surface area contributed by atoms with E-state index in [1.54, 1.807) is 0 Å². The van der Waals surface area contributed by atoms with Gasteiger partial charge in [-0.2, -0.15) is 0 Å². The fourth-order valence-corrected chi connectivity index (χ4v) is 1.82. The number of nitrogens with two attached hydrogens (primary N) is 1. The Kier molecular flexibility index (Phi) is 5.22. The van der Waals surface area contributed by atoms with Gasteiger partial charge in [-0.3, -0.25) is 4.79 Å². The van der Waals surface area contributed by atoms with Gasteiger partial charge in [-0.25, -0.2) is 0 Å². The molecule has 0 saturated carbocycles. The van der Waals surface area contributed by atoms with Crippen molar-refractivity contribution < 1.29 is 9.53 Å². The number of likely N-dealkylation sites (tertiary alicyclic amines) is 1. The first-order valence-corrected chi connectivity index (χ1v) is 6.14. The summed E-state index contributed by atoms with van der Waals surface area (Å²) in [7, 11) is 0. The second kappa shape index (κ2) is 6.21. The van der Waals surface area contributed by atoms with Crippen LogP contribution < -0.4 is 5.73 Å². The average Bonchev–Trinajstić information content (AvgIpc) is 2.61. The molecule has 0 radical (unpaired) electrons. The van der Waals surface area contributed by atoms with Crippen LogP contribution in [-0.2, 0) is 9.53 Å². The van der Waals surface area contributed by atoms with Crippen molar-refractivity contribution in [2.24, 2.45) is 11.7 Å². The van der Waals surface area contributed by atoms with Gasteiger partial charge in [0.05, 0.1) is 6.10 Å². The summed E-state index contributed by atoms with van der Waals surface area (Å²) in [6.07, 6.45) is 1.62. The summed E-state index contributed by atoms with van der Waals surface area (Å²) < 4.78 is 5.72. The lowest BCUT2D eigenvalue weighted by atomic mass is 10.2. The molecule has 2 unspecified atom stereocenters. The van der Waals surface area contributed by atoms with Gasteiger partial charge in [0.2, 0.25) is 5.91 Å². The molecule has 2 N–H and O–H groups in total. The monoisotopic (exact) mass is 228 g/mol. The summed E-state index contributed by atoms with van der Waals surface area (Å²) >= 11 is 0. The molecule has 94 valence electrons. The molecule has 1 amide bonds. The fourth-order valence-electron chi connectivity index (χ4n) is 1.82. The van der Waals surface area contributed by atoms with Gasteiger partial charge in [0, 0.05) is 32.2 Å². The van der Waals surface area contributed by atoms with E-state index in [1.165, 1.54) is 0 Å². The highest BCUT2D eigenvalue weighted by Crippen LogP contribution is 2.15. The van der Waals surface area contributed by atoms with Crippen LogP contribution in [0.2, 0.25) is 0 Å². The molecule has 1 aliphatic rings. The number of rotatable bonds is 5. The van der Waals surface area contributed by atoms with E-state index < -0.39 is 0 Å². The lowest BCUT2D eigenvalue weighted by Crippen LogP contribution is -2.34. The summed E-state index contributed by atoms with van der Waals surface area (Å²) in [6.45, 7) is 8.45. The SMILES string of the molecule is CC(C)COC1CCN(C(=O)CC(C)N)C1. The van der Waals surface area contributed by atoms with Crippen LogP contribution >= 0.6 is 0 Å². The molecule has 0 spiro atoms. The van der Waals surface area contributed by atoms with Crippen molar-refractivity contribution in [1.29, 1.82) is 0 Å². The highest BCUT2D eigenvalue weighted by Gasteiger charge is 2.26. The highest BCUT2D eigenvalue weighted by atomic mass is 16.5. The van der Waals surface area contributed by atoms with Crippen LogP contribution in [0.3, 0.4) is 0 Å². The van der Waals surface area contributed by atoms with E-state index in [0.717, 1.165) is 26.1 Å². The predicted molar refractivity (Wildman–Crippen MR) is 64.0 cm³/mol. The molecule has 0 aromatic heterocycles. The molecule has 1 fully saturated rings. The Balaban J connectivity index is 2.26. The van der Waals surface area contributed by atoms with Gasteiger partial charge in [0.15, 0.2) is 0 Å². The molecule has 2 atom stereocenters. The molecule has 1 rings (SSSR count). The summed E-state index contributed by atoms with van der Waals surface area (Å²) in [5.74, 6) is 0.708. The van der Waals surface area contributed by atoms with Crippen molar-refractivity contribution in [3.63, 3.8) is 0 Å². The normalized spacial score (nSPS) is 22.8. The van der Waals surface area contributed by atoms with E-state index in [-0.39, 0.29) is 18.1 Å². The van der Waals surface area contributed by atoms with Crippen LogP contribution in [0.4, 0.5) is 0 Å². The smallest absolute Gasteiger partial charge is 0.224 e. The zero-order chi connectivity index (χ0) is 12.1. The van der Waals surface area contributed by atoms with Crippen molar-refractivity contribution in [3.8, 4) is 0 Å². The zero-order valence-electron chi connectivity index (χ0n) is 10.6. The van der Waals surface area contributed by atoms with Crippen molar-refractivity contribution in [1.82, 2.24) is 4.90 Å². The van der Waals surface area contributed by atoms with Crippen molar-refractivity contribution in [3.05, 3.63) is 0 Å². The minimum Gasteiger partial charge on any atom is -0.376 e. The Morgan fingerprint density at radius 2 is 2.19 bits per heavy atom. The van der Waals surface area contributed by atoms with Crippen LogP contribution in [-0.4, -0.2) is 42.6 Å². The summed E-state index contributed by atoms with van der Waals surface area (Å²) in [5.41, 5.74) is 5.62. The molecule has 0 aliphatic carbocycles. The quantitative estimate of drug-likeness (QED) is 0.763. The standard InChI is InChI=1S/C12H24N2O2/c1-9(2)8-16-11-4-5-14(7-11)12(15)6-10(3)13/h9-11H,4-8,13H2,1-3H3. The molecule has 0 bridgehead atoms. The molecule has 1 heterocycles. The first-order valence-electron chi connectivity index (χ1n) is 6.14. The Bertz CT molecular complexity index is 229. The van der Waals surface area contributed by atoms with E-state index in [0.29, 0.717) is 12.3 Å². The Morgan fingerprint density at radius 1 is 1.50 bits per heavy atom. The Hall–Kier alpha value is -0.610. The second-order valence-corrected chi connectivity index (χ2v) is 5.16. The number of hydrogen-bond donors (Lipinski definition) is 1. The second-order valence-electron chi connectivity index (χ2n) is 5.16. The number of amides is 1. The molecule has 4 nitrogen and oxygen atoms in total. The molecular formula is C12H24N2O2. The molecule has 1 aliphatic heterocycles. The van der Waals surface area contributed by atoms with E-state index in [2.05, 4.69) is 13.8 Å². The van der Waals surface area contributed by atoms with Crippen LogP contribution in [0.15, 0.2) is 0 Å². The maximum Gasteiger partial charge on any atom is 0.224 e. The Morgan fingerprint density at radius 3 is 2.75 bits per heavy atom. The summed E-state index contributed by atoms with van der Waals surface area (Å²) in [4.78, 5) is 13.6. The Labute approximate surface area is 98.1 Å². The minimum atomic E-state index is -0.0527. The van der Waals surface area contributed by atoms with Crippen molar-refractivity contribution in [2.75, 3.05) is 19.7 Å². The number of hydrogen-bond acceptors (Lipinski definition) is 3. The largest absolute Gasteiger partial charge is 0.376 e. The van der Waals surface area contributed by atoms with E-state index in [1.807, 2.05) is 11.8 Å². The number of nitrogens with zero attached hydrogens (tertiary/aromatic N) is 1. The third-order valence-electron chi connectivity index (χ3n) is 2.66. The fraction of sp³-hybridized carbons (Fsp3) is 0.917. The topological polar surface area (TPSA) is 55.6 Å². The maximum atomic E-state index is 11.7. The van der Waals surface area contributed by atoms with E-state index in [9.17, 15) is 4.79 Å². The van der Waals surface area contributed by atoms with Gasteiger partial charge in [0.25, 0.3) is 0 Å². The molecule has 0 aromatic rings. The lowest BCUT2D eigenvalue weighted by molar-refractivity contribution is -0.131.